The van der Waals surface area contributed by atoms with E-state index in [1.165, 1.54) is 0 Å². The monoisotopic (exact) mass is 310 g/mol. The number of nitrogens with one attached hydrogen (secondary N) is 1. The molecule has 0 bridgehead atoms. The van der Waals surface area contributed by atoms with Crippen LogP contribution in [-0.2, 0) is 10.3 Å². The van der Waals surface area contributed by atoms with Gasteiger partial charge in [-0.15, -0.1) is 0 Å². The van der Waals surface area contributed by atoms with Crippen LogP contribution in [0.2, 0.25) is 0 Å². The van der Waals surface area contributed by atoms with Gasteiger partial charge in [0.25, 0.3) is 5.91 Å². The molecule has 0 saturated carbocycles. The molecule has 0 radical (unpaired) electrons. The van der Waals surface area contributed by atoms with Crippen LogP contribution < -0.4 is 15.0 Å². The fourth-order valence-corrected chi connectivity index (χ4v) is 3.36. The third kappa shape index (κ3) is 2.44. The zero-order chi connectivity index (χ0) is 16.4. The van der Waals surface area contributed by atoms with Crippen LogP contribution in [0.3, 0.4) is 0 Å². The summed E-state index contributed by atoms with van der Waals surface area (Å²) >= 11 is 0. The molecule has 1 atom stereocenters. The van der Waals surface area contributed by atoms with Crippen LogP contribution in [-0.4, -0.2) is 20.1 Å². The predicted octanol–water partition coefficient (Wildman–Crippen LogP) is 3.78. The van der Waals surface area contributed by atoms with Crippen molar-refractivity contribution in [3.8, 4) is 5.75 Å². The number of likely N-dealkylation sites (N-methyl/N-ethyl adjacent to an activating group) is 1. The van der Waals surface area contributed by atoms with Crippen molar-refractivity contribution in [3.05, 3.63) is 54.1 Å². The van der Waals surface area contributed by atoms with Crippen LogP contribution in [0.1, 0.15) is 25.3 Å². The third-order valence-corrected chi connectivity index (χ3v) is 4.47. The molecule has 4 heteroatoms. The second-order valence-corrected chi connectivity index (χ2v) is 5.89. The molecule has 0 spiro atoms. The van der Waals surface area contributed by atoms with Crippen LogP contribution >= 0.6 is 0 Å². The predicted molar refractivity (Wildman–Crippen MR) is 93.1 cm³/mol. The van der Waals surface area contributed by atoms with Crippen molar-refractivity contribution in [1.82, 2.24) is 0 Å². The maximum Gasteiger partial charge on any atom is 0.257 e. The molecule has 0 fully saturated rings. The van der Waals surface area contributed by atoms with E-state index in [9.17, 15) is 4.79 Å². The average Bonchev–Trinajstić information content (AvgIpc) is 2.79. The zero-order valence-corrected chi connectivity index (χ0v) is 13.8. The second-order valence-electron chi connectivity index (χ2n) is 5.89. The van der Waals surface area contributed by atoms with Gasteiger partial charge in [-0.3, -0.25) is 4.79 Å². The second kappa shape index (κ2) is 5.95. The summed E-state index contributed by atoms with van der Waals surface area (Å²) in [5.41, 5.74) is 2.24. The van der Waals surface area contributed by atoms with Crippen LogP contribution in [0.15, 0.2) is 48.5 Å². The first-order chi connectivity index (χ1) is 11.1. The fourth-order valence-electron chi connectivity index (χ4n) is 3.36. The number of nitrogens with zero attached hydrogens (tertiary/aromatic N) is 1. The van der Waals surface area contributed by atoms with Gasteiger partial charge in [-0.05, 0) is 36.8 Å². The molecule has 23 heavy (non-hydrogen) atoms. The summed E-state index contributed by atoms with van der Waals surface area (Å²) in [4.78, 5) is 14.8. The molecule has 1 heterocycles. The lowest BCUT2D eigenvalue weighted by atomic mass is 9.86. The number of benzene rings is 2. The highest BCUT2D eigenvalue weighted by Crippen LogP contribution is 2.44. The van der Waals surface area contributed by atoms with Crippen LogP contribution in [0.4, 0.5) is 11.4 Å². The van der Waals surface area contributed by atoms with Crippen LogP contribution in [0.25, 0.3) is 0 Å². The van der Waals surface area contributed by atoms with Gasteiger partial charge >= 0.3 is 0 Å². The number of amides is 1. The largest absolute Gasteiger partial charge is 0.497 e. The summed E-state index contributed by atoms with van der Waals surface area (Å²) in [5.74, 6) is 0.895. The maximum absolute atomic E-state index is 13.0. The van der Waals surface area contributed by atoms with E-state index < -0.39 is 5.54 Å². The molecule has 1 amide bonds. The van der Waals surface area contributed by atoms with Gasteiger partial charge in [0.05, 0.1) is 7.11 Å². The Morgan fingerprint density at radius 1 is 1.13 bits per heavy atom. The Morgan fingerprint density at radius 2 is 1.83 bits per heavy atom. The first-order valence-electron chi connectivity index (χ1n) is 7.92. The van der Waals surface area contributed by atoms with Crippen molar-refractivity contribution in [3.63, 3.8) is 0 Å². The number of para-hydroxylation sites is 1. The Kier molecular flexibility index (Phi) is 3.99. The summed E-state index contributed by atoms with van der Waals surface area (Å²) in [6.45, 7) is 2.10. The summed E-state index contributed by atoms with van der Waals surface area (Å²) in [5, 5.41) is 3.50. The average molecular weight is 310 g/mol. The van der Waals surface area contributed by atoms with Gasteiger partial charge in [-0.2, -0.15) is 0 Å². The standard InChI is InChI=1S/C19H22N2O2/c1-4-13-19(20-14-9-11-15(23-3)12-10-14)16-7-5-6-8-17(16)21(2)18(19)22/h5-12,20H,4,13H2,1-3H3/t19-/m0/s1. The molecule has 120 valence electrons. The molecule has 3 rings (SSSR count). The molecule has 1 aliphatic rings. The summed E-state index contributed by atoms with van der Waals surface area (Å²) in [6, 6.07) is 15.7. The minimum atomic E-state index is -0.700. The van der Waals surface area contributed by atoms with Crippen LogP contribution in [0.5, 0.6) is 5.75 Å². The Hall–Kier alpha value is -2.49. The highest BCUT2D eigenvalue weighted by molar-refractivity contribution is 6.09. The normalized spacial score (nSPS) is 19.6. The quantitative estimate of drug-likeness (QED) is 0.914. The highest BCUT2D eigenvalue weighted by Gasteiger charge is 2.48. The summed E-state index contributed by atoms with van der Waals surface area (Å²) < 4.78 is 5.20. The number of carbonyl (C=O) groups excluding carboxylic acids is 1. The van der Waals surface area contributed by atoms with Crippen molar-refractivity contribution in [1.29, 1.82) is 0 Å². The molecule has 1 N–H and O–H groups in total. The summed E-state index contributed by atoms with van der Waals surface area (Å²) in [6.07, 6.45) is 1.66. The van der Waals surface area contributed by atoms with Gasteiger partial charge in [0.15, 0.2) is 0 Å². The van der Waals surface area contributed by atoms with E-state index in [1.54, 1.807) is 12.0 Å². The third-order valence-electron chi connectivity index (χ3n) is 4.47. The molecular weight excluding hydrogens is 288 g/mol. The van der Waals surface area contributed by atoms with E-state index in [2.05, 4.69) is 12.2 Å². The maximum atomic E-state index is 13.0. The molecule has 4 nitrogen and oxygen atoms in total. The minimum absolute atomic E-state index is 0.0939. The Bertz CT molecular complexity index is 712. The molecule has 2 aromatic rings. The Labute approximate surface area is 137 Å². The highest BCUT2D eigenvalue weighted by atomic mass is 16.5. The van der Waals surface area contributed by atoms with E-state index in [1.807, 2.05) is 55.6 Å². The zero-order valence-electron chi connectivity index (χ0n) is 13.8. The minimum Gasteiger partial charge on any atom is -0.497 e. The SMILES string of the molecule is CCC[C@@]1(Nc2ccc(OC)cc2)C(=O)N(C)c2ccccc21. The Balaban J connectivity index is 2.04. The van der Waals surface area contributed by atoms with Crippen molar-refractivity contribution < 1.29 is 9.53 Å². The molecule has 2 aromatic carbocycles. The molecule has 0 aromatic heterocycles. The van der Waals surface area contributed by atoms with Gasteiger partial charge in [0.1, 0.15) is 11.3 Å². The number of fused-ring (bicyclic) bond motifs is 1. The molecular formula is C19H22N2O2. The summed E-state index contributed by atoms with van der Waals surface area (Å²) in [7, 11) is 3.49. The van der Waals surface area contributed by atoms with E-state index in [4.69, 9.17) is 4.74 Å². The first kappa shape index (κ1) is 15.4. The number of hydrogen-bond acceptors (Lipinski definition) is 3. The van der Waals surface area contributed by atoms with E-state index >= 15 is 0 Å². The lowest BCUT2D eigenvalue weighted by Crippen LogP contribution is -2.44. The van der Waals surface area contributed by atoms with E-state index in [-0.39, 0.29) is 5.91 Å². The number of rotatable bonds is 5. The molecule has 1 aliphatic heterocycles. The fraction of sp³-hybridized carbons (Fsp3) is 0.316. The van der Waals surface area contributed by atoms with Crippen LogP contribution in [0, 0.1) is 0 Å². The van der Waals surface area contributed by atoms with Crippen molar-refractivity contribution in [2.45, 2.75) is 25.3 Å². The first-order valence-corrected chi connectivity index (χ1v) is 7.92. The number of ether oxygens (including phenoxy) is 1. The Morgan fingerprint density at radius 3 is 2.48 bits per heavy atom. The number of methoxy groups -OCH3 is 1. The topological polar surface area (TPSA) is 41.6 Å². The number of anilines is 2. The van der Waals surface area contributed by atoms with Gasteiger partial charge in [0, 0.05) is 24.0 Å². The number of hydrogen-bond donors (Lipinski definition) is 1. The lowest BCUT2D eigenvalue weighted by molar-refractivity contribution is -0.122. The molecule has 0 aliphatic carbocycles. The van der Waals surface area contributed by atoms with Crippen molar-refractivity contribution in [2.24, 2.45) is 0 Å². The molecule has 0 unspecified atom stereocenters. The van der Waals surface area contributed by atoms with Crippen molar-refractivity contribution in [2.75, 3.05) is 24.4 Å². The van der Waals surface area contributed by atoms with E-state index in [0.717, 1.165) is 35.5 Å². The van der Waals surface area contributed by atoms with Gasteiger partial charge in [-0.1, -0.05) is 31.5 Å². The molecule has 0 saturated heterocycles. The van der Waals surface area contributed by atoms with Gasteiger partial charge < -0.3 is 15.0 Å². The van der Waals surface area contributed by atoms with Gasteiger partial charge in [-0.25, -0.2) is 0 Å². The van der Waals surface area contributed by atoms with Gasteiger partial charge in [0.2, 0.25) is 0 Å². The number of carbonyl (C=O) groups is 1. The lowest BCUT2D eigenvalue weighted by Gasteiger charge is -2.30. The smallest absolute Gasteiger partial charge is 0.257 e. The van der Waals surface area contributed by atoms with Crippen molar-refractivity contribution >= 4 is 17.3 Å². The van der Waals surface area contributed by atoms with E-state index in [0.29, 0.717) is 0 Å².